The number of amides is 3. The van der Waals surface area contributed by atoms with E-state index in [-0.39, 0.29) is 6.42 Å². The molecular weight excluding hydrogens is 410 g/mol. The third-order valence-corrected chi connectivity index (χ3v) is 5.14. The molecule has 3 aromatic rings. The van der Waals surface area contributed by atoms with Gasteiger partial charge >= 0.3 is 0 Å². The molecule has 1 atom stereocenters. The SMILES string of the molecule is COc1cc(NC(=O)C[C@H]2NC(=O)c3ccccc3NC2=O)ccc1-n1nc(C)cc1C. The number of carbonyl (C=O) groups excluding carboxylic acids is 3. The van der Waals surface area contributed by atoms with E-state index in [1.54, 1.807) is 54.3 Å². The van der Waals surface area contributed by atoms with Crippen LogP contribution in [0.3, 0.4) is 0 Å². The number of anilines is 2. The summed E-state index contributed by atoms with van der Waals surface area (Å²) in [7, 11) is 1.54. The average Bonchev–Trinajstić information content (AvgIpc) is 3.05. The molecule has 2 heterocycles. The lowest BCUT2D eigenvalue weighted by molar-refractivity contribution is -0.122. The molecule has 32 heavy (non-hydrogen) atoms. The van der Waals surface area contributed by atoms with Crippen molar-refractivity contribution in [2.75, 3.05) is 17.7 Å². The highest BCUT2D eigenvalue weighted by Crippen LogP contribution is 2.28. The van der Waals surface area contributed by atoms with Crippen molar-refractivity contribution < 1.29 is 19.1 Å². The van der Waals surface area contributed by atoms with Gasteiger partial charge in [0, 0.05) is 17.4 Å². The fraction of sp³-hybridized carbons (Fsp3) is 0.217. The second-order valence-electron chi connectivity index (χ2n) is 7.54. The van der Waals surface area contributed by atoms with Crippen molar-refractivity contribution in [3.63, 3.8) is 0 Å². The molecule has 0 bridgehead atoms. The quantitative estimate of drug-likeness (QED) is 0.572. The number of hydrogen-bond donors (Lipinski definition) is 3. The Morgan fingerprint density at radius 3 is 2.66 bits per heavy atom. The first kappa shape index (κ1) is 21.1. The lowest BCUT2D eigenvalue weighted by atomic mass is 10.1. The van der Waals surface area contributed by atoms with Gasteiger partial charge in [0.15, 0.2) is 0 Å². The maximum Gasteiger partial charge on any atom is 0.254 e. The van der Waals surface area contributed by atoms with Crippen molar-refractivity contribution in [2.45, 2.75) is 26.3 Å². The Morgan fingerprint density at radius 2 is 1.94 bits per heavy atom. The average molecular weight is 433 g/mol. The summed E-state index contributed by atoms with van der Waals surface area (Å²) in [6, 6.07) is 12.9. The molecule has 3 N–H and O–H groups in total. The van der Waals surface area contributed by atoms with Crippen molar-refractivity contribution in [3.8, 4) is 11.4 Å². The number of carbonyl (C=O) groups is 3. The van der Waals surface area contributed by atoms with Crippen LogP contribution in [0.5, 0.6) is 5.75 Å². The summed E-state index contributed by atoms with van der Waals surface area (Å²) in [6.07, 6.45) is -0.215. The molecule has 1 aromatic heterocycles. The Balaban J connectivity index is 1.48. The zero-order chi connectivity index (χ0) is 22.8. The zero-order valence-corrected chi connectivity index (χ0v) is 17.9. The molecule has 0 saturated carbocycles. The molecule has 0 spiro atoms. The Labute approximate surface area is 184 Å². The summed E-state index contributed by atoms with van der Waals surface area (Å²) in [4.78, 5) is 37.6. The predicted octanol–water partition coefficient (Wildman–Crippen LogP) is 2.58. The first-order chi connectivity index (χ1) is 15.4. The molecule has 1 aliphatic heterocycles. The first-order valence-corrected chi connectivity index (χ1v) is 10.1. The Morgan fingerprint density at radius 1 is 1.16 bits per heavy atom. The summed E-state index contributed by atoms with van der Waals surface area (Å²) in [5.74, 6) is -0.745. The highest BCUT2D eigenvalue weighted by Gasteiger charge is 2.29. The molecular formula is C23H23N5O4. The smallest absolute Gasteiger partial charge is 0.254 e. The van der Waals surface area contributed by atoms with Crippen LogP contribution >= 0.6 is 0 Å². The van der Waals surface area contributed by atoms with Crippen LogP contribution in [0.15, 0.2) is 48.5 Å². The number of para-hydroxylation sites is 1. The minimum Gasteiger partial charge on any atom is -0.494 e. The highest BCUT2D eigenvalue weighted by atomic mass is 16.5. The number of methoxy groups -OCH3 is 1. The molecule has 164 valence electrons. The van der Waals surface area contributed by atoms with Gasteiger partial charge in [-0.25, -0.2) is 4.68 Å². The van der Waals surface area contributed by atoms with E-state index in [2.05, 4.69) is 21.0 Å². The predicted molar refractivity (Wildman–Crippen MR) is 119 cm³/mol. The third kappa shape index (κ3) is 4.18. The van der Waals surface area contributed by atoms with Gasteiger partial charge in [0.2, 0.25) is 11.8 Å². The van der Waals surface area contributed by atoms with Gasteiger partial charge in [0.05, 0.1) is 30.5 Å². The van der Waals surface area contributed by atoms with Crippen LogP contribution in [0, 0.1) is 13.8 Å². The van der Waals surface area contributed by atoms with Gasteiger partial charge in [-0.2, -0.15) is 5.10 Å². The van der Waals surface area contributed by atoms with E-state index < -0.39 is 23.8 Å². The molecule has 9 heteroatoms. The molecule has 0 radical (unpaired) electrons. The van der Waals surface area contributed by atoms with Gasteiger partial charge in [-0.1, -0.05) is 12.1 Å². The summed E-state index contributed by atoms with van der Waals surface area (Å²) >= 11 is 0. The lowest BCUT2D eigenvalue weighted by Crippen LogP contribution is -2.43. The maximum absolute atomic E-state index is 12.6. The number of hydrogen-bond acceptors (Lipinski definition) is 5. The van der Waals surface area contributed by atoms with Crippen molar-refractivity contribution in [1.82, 2.24) is 15.1 Å². The third-order valence-electron chi connectivity index (χ3n) is 5.14. The van der Waals surface area contributed by atoms with E-state index in [0.717, 1.165) is 17.1 Å². The molecule has 0 aliphatic carbocycles. The van der Waals surface area contributed by atoms with Crippen LogP contribution < -0.4 is 20.7 Å². The number of nitrogens with one attached hydrogen (secondary N) is 3. The number of aromatic nitrogens is 2. The molecule has 0 unspecified atom stereocenters. The van der Waals surface area contributed by atoms with E-state index in [1.165, 1.54) is 0 Å². The van der Waals surface area contributed by atoms with Crippen LogP contribution in [-0.2, 0) is 9.59 Å². The molecule has 4 rings (SSSR count). The zero-order valence-electron chi connectivity index (χ0n) is 17.9. The van der Waals surface area contributed by atoms with Crippen molar-refractivity contribution in [2.24, 2.45) is 0 Å². The van der Waals surface area contributed by atoms with Crippen molar-refractivity contribution in [1.29, 1.82) is 0 Å². The fourth-order valence-corrected chi connectivity index (χ4v) is 3.66. The molecule has 0 fully saturated rings. The van der Waals surface area contributed by atoms with Gasteiger partial charge in [-0.3, -0.25) is 14.4 Å². The standard InChI is InChI=1S/C23H23N5O4/c1-13-10-14(2)28(27-13)19-9-8-15(11-20(19)32-3)24-21(29)12-18-23(31)25-17-7-5-4-6-16(17)22(30)26-18/h4-11,18H,12H2,1-3H3,(H,24,29)(H,25,31)(H,26,30)/t18-/m1/s1. The van der Waals surface area contributed by atoms with E-state index >= 15 is 0 Å². The first-order valence-electron chi connectivity index (χ1n) is 10.1. The van der Waals surface area contributed by atoms with E-state index in [4.69, 9.17) is 4.74 Å². The minimum atomic E-state index is -0.995. The van der Waals surface area contributed by atoms with Gasteiger partial charge < -0.3 is 20.7 Å². The Hall–Kier alpha value is -4.14. The topological polar surface area (TPSA) is 114 Å². The van der Waals surface area contributed by atoms with Crippen LogP contribution in [0.25, 0.3) is 5.69 Å². The Bertz CT molecular complexity index is 1220. The summed E-state index contributed by atoms with van der Waals surface area (Å²) in [5, 5.41) is 12.5. The lowest BCUT2D eigenvalue weighted by Gasteiger charge is -2.16. The number of fused-ring (bicyclic) bond motifs is 1. The normalized spacial score (nSPS) is 15.3. The number of aryl methyl sites for hydroxylation is 2. The van der Waals surface area contributed by atoms with Crippen molar-refractivity contribution in [3.05, 3.63) is 65.5 Å². The highest BCUT2D eigenvalue weighted by molar-refractivity contribution is 6.11. The minimum absolute atomic E-state index is 0.215. The number of nitrogens with zero attached hydrogens (tertiary/aromatic N) is 2. The second-order valence-corrected chi connectivity index (χ2v) is 7.54. The van der Waals surface area contributed by atoms with Gasteiger partial charge in [0.1, 0.15) is 17.5 Å². The van der Waals surface area contributed by atoms with Crippen LogP contribution in [-0.4, -0.2) is 40.7 Å². The fourth-order valence-electron chi connectivity index (χ4n) is 3.66. The molecule has 9 nitrogen and oxygen atoms in total. The van der Waals surface area contributed by atoms with Gasteiger partial charge in [0.25, 0.3) is 5.91 Å². The number of rotatable bonds is 5. The van der Waals surface area contributed by atoms with Crippen molar-refractivity contribution >= 4 is 29.1 Å². The molecule has 3 amide bonds. The summed E-state index contributed by atoms with van der Waals surface area (Å²) in [6.45, 7) is 3.85. The van der Waals surface area contributed by atoms with Crippen LogP contribution in [0.4, 0.5) is 11.4 Å². The summed E-state index contributed by atoms with van der Waals surface area (Å²) < 4.78 is 7.25. The van der Waals surface area contributed by atoms with E-state index in [9.17, 15) is 14.4 Å². The molecule has 0 saturated heterocycles. The van der Waals surface area contributed by atoms with Gasteiger partial charge in [-0.05, 0) is 44.2 Å². The molecule has 2 aromatic carbocycles. The molecule has 1 aliphatic rings. The second kappa shape index (κ2) is 8.54. The van der Waals surface area contributed by atoms with E-state index in [1.807, 2.05) is 19.9 Å². The monoisotopic (exact) mass is 433 g/mol. The van der Waals surface area contributed by atoms with Gasteiger partial charge in [-0.15, -0.1) is 0 Å². The van der Waals surface area contributed by atoms with Crippen LogP contribution in [0.2, 0.25) is 0 Å². The number of ether oxygens (including phenoxy) is 1. The van der Waals surface area contributed by atoms with Crippen LogP contribution in [0.1, 0.15) is 28.2 Å². The Kier molecular flexibility index (Phi) is 5.63. The summed E-state index contributed by atoms with van der Waals surface area (Å²) in [5.41, 5.74) is 3.85. The largest absolute Gasteiger partial charge is 0.494 e. The number of benzene rings is 2. The van der Waals surface area contributed by atoms with E-state index in [0.29, 0.717) is 22.7 Å². The maximum atomic E-state index is 12.6.